The third-order valence-electron chi connectivity index (χ3n) is 7.80. The van der Waals surface area contributed by atoms with Gasteiger partial charge in [0, 0.05) is 28.9 Å². The van der Waals surface area contributed by atoms with Crippen molar-refractivity contribution in [3.63, 3.8) is 0 Å². The smallest absolute Gasteiger partial charge is 0.263 e. The molecule has 0 bridgehead atoms. The fourth-order valence-electron chi connectivity index (χ4n) is 5.84. The van der Waals surface area contributed by atoms with Crippen LogP contribution in [0.25, 0.3) is 49.7 Å². The molecule has 6 heteroatoms. The maximum atomic E-state index is 13.5. The summed E-state index contributed by atoms with van der Waals surface area (Å²) in [6.07, 6.45) is 0. The lowest BCUT2D eigenvalue weighted by molar-refractivity contribution is 0.0693. The topological polar surface area (TPSA) is 89.9 Å². The van der Waals surface area contributed by atoms with Crippen molar-refractivity contribution >= 4 is 33.6 Å². The van der Waals surface area contributed by atoms with Crippen molar-refractivity contribution in [3.8, 4) is 40.1 Å². The lowest BCUT2D eigenvalue weighted by atomic mass is 9.99. The molecule has 41 heavy (non-hydrogen) atoms. The number of carbonyl (C=O) groups is 2. The van der Waals surface area contributed by atoms with Crippen LogP contribution in [0, 0.1) is 22.7 Å². The van der Waals surface area contributed by atoms with Gasteiger partial charge in [-0.1, -0.05) is 66.7 Å². The SMILES string of the molecule is CN1C(=O)c2cccc(-n3c4c(-c5ccc(C#N)cc5)cccc4c4cccc(-c5ccc(C#N)cc5)c43)c2C1=O. The van der Waals surface area contributed by atoms with E-state index in [4.69, 9.17) is 0 Å². The van der Waals surface area contributed by atoms with E-state index in [2.05, 4.69) is 28.8 Å². The number of hydrogen-bond donors (Lipinski definition) is 0. The minimum atomic E-state index is -0.345. The number of para-hydroxylation sites is 2. The monoisotopic (exact) mass is 528 g/mol. The molecule has 6 nitrogen and oxygen atoms in total. The molecule has 1 aromatic heterocycles. The Morgan fingerprint density at radius 3 is 1.51 bits per heavy atom. The highest BCUT2D eigenvalue weighted by Crippen LogP contribution is 2.43. The number of benzene rings is 5. The molecule has 0 radical (unpaired) electrons. The number of hydrogen-bond acceptors (Lipinski definition) is 4. The molecule has 0 aliphatic carbocycles. The van der Waals surface area contributed by atoms with Gasteiger partial charge in [0.05, 0.1) is 51.1 Å². The molecule has 0 N–H and O–H groups in total. The Morgan fingerprint density at radius 2 is 1.02 bits per heavy atom. The van der Waals surface area contributed by atoms with E-state index in [0.29, 0.717) is 27.9 Å². The summed E-state index contributed by atoms with van der Waals surface area (Å²) < 4.78 is 2.09. The van der Waals surface area contributed by atoms with Gasteiger partial charge in [0.2, 0.25) is 0 Å². The number of nitrogens with zero attached hydrogens (tertiary/aromatic N) is 4. The first-order chi connectivity index (χ1) is 20.0. The van der Waals surface area contributed by atoms with Crippen LogP contribution in [0.1, 0.15) is 31.8 Å². The molecule has 0 fully saturated rings. The van der Waals surface area contributed by atoms with Crippen LogP contribution < -0.4 is 0 Å². The summed E-state index contributed by atoms with van der Waals surface area (Å²) in [4.78, 5) is 27.6. The standard InChI is InChI=1S/C35H20N4O2/c1-38-34(40)29-9-4-10-30(31(29)35(38)41)39-32-25(23-15-11-21(19-36)12-16-23)5-2-7-27(32)28-8-3-6-26(33(28)39)24-17-13-22(20-37)14-18-24/h2-18H,1H3. The maximum absolute atomic E-state index is 13.5. The molecule has 7 rings (SSSR count). The summed E-state index contributed by atoms with van der Waals surface area (Å²) >= 11 is 0. The highest BCUT2D eigenvalue weighted by atomic mass is 16.2. The molecule has 0 saturated heterocycles. The van der Waals surface area contributed by atoms with Crippen molar-refractivity contribution in [2.45, 2.75) is 0 Å². The van der Waals surface area contributed by atoms with Gasteiger partial charge in [-0.2, -0.15) is 10.5 Å². The Balaban J connectivity index is 1.66. The second kappa shape index (κ2) is 9.05. The molecule has 0 unspecified atom stereocenters. The van der Waals surface area contributed by atoms with Crippen LogP contribution in [0.3, 0.4) is 0 Å². The number of carbonyl (C=O) groups excluding carboxylic acids is 2. The molecule has 1 aliphatic heterocycles. The second-order valence-corrected chi connectivity index (χ2v) is 9.99. The zero-order chi connectivity index (χ0) is 28.2. The summed E-state index contributed by atoms with van der Waals surface area (Å²) in [7, 11) is 1.50. The molecule has 0 spiro atoms. The number of rotatable bonds is 3. The molecule has 192 valence electrons. The maximum Gasteiger partial charge on any atom is 0.263 e. The summed E-state index contributed by atoms with van der Waals surface area (Å²) in [5.74, 6) is -0.672. The van der Waals surface area contributed by atoms with E-state index in [1.807, 2.05) is 60.7 Å². The highest BCUT2D eigenvalue weighted by Gasteiger charge is 2.36. The number of fused-ring (bicyclic) bond motifs is 4. The van der Waals surface area contributed by atoms with E-state index in [0.717, 1.165) is 49.0 Å². The van der Waals surface area contributed by atoms with Crippen LogP contribution in [-0.4, -0.2) is 28.3 Å². The van der Waals surface area contributed by atoms with E-state index in [9.17, 15) is 20.1 Å². The summed E-state index contributed by atoms with van der Waals surface area (Å²) in [5, 5.41) is 20.7. The van der Waals surface area contributed by atoms with E-state index in [1.165, 1.54) is 7.05 Å². The predicted octanol–water partition coefficient (Wildman–Crippen LogP) is 7.09. The predicted molar refractivity (Wildman–Crippen MR) is 158 cm³/mol. The molecule has 1 aliphatic rings. The molecule has 5 aromatic carbocycles. The Bertz CT molecular complexity index is 2040. The van der Waals surface area contributed by atoms with Crippen molar-refractivity contribution < 1.29 is 9.59 Å². The minimum absolute atomic E-state index is 0.327. The first-order valence-corrected chi connectivity index (χ1v) is 13.0. The zero-order valence-corrected chi connectivity index (χ0v) is 21.9. The van der Waals surface area contributed by atoms with Gasteiger partial charge in [-0.25, -0.2) is 0 Å². The molecule has 2 heterocycles. The van der Waals surface area contributed by atoms with E-state index in [-0.39, 0.29) is 11.8 Å². The Kier molecular flexibility index (Phi) is 5.32. The molecule has 2 amide bonds. The van der Waals surface area contributed by atoms with Gasteiger partial charge in [-0.3, -0.25) is 14.5 Å². The minimum Gasteiger partial charge on any atom is -0.307 e. The van der Waals surface area contributed by atoms with E-state index in [1.54, 1.807) is 30.3 Å². The first kappa shape index (κ1) is 24.1. The summed E-state index contributed by atoms with van der Waals surface area (Å²) in [5.41, 5.74) is 7.96. The van der Waals surface area contributed by atoms with Gasteiger partial charge in [0.25, 0.3) is 11.8 Å². The largest absolute Gasteiger partial charge is 0.307 e. The summed E-state index contributed by atoms with van der Waals surface area (Å²) in [6, 6.07) is 36.8. The van der Waals surface area contributed by atoms with Crippen LogP contribution >= 0.6 is 0 Å². The molecular formula is C35H20N4O2. The van der Waals surface area contributed by atoms with Crippen LogP contribution in [0.4, 0.5) is 0 Å². The van der Waals surface area contributed by atoms with Crippen molar-refractivity contribution in [3.05, 3.63) is 125 Å². The van der Waals surface area contributed by atoms with Gasteiger partial charge in [0.15, 0.2) is 0 Å². The normalized spacial score (nSPS) is 12.5. The fraction of sp³-hybridized carbons (Fsp3) is 0.0286. The molecular weight excluding hydrogens is 508 g/mol. The van der Waals surface area contributed by atoms with Gasteiger partial charge in [0.1, 0.15) is 0 Å². The van der Waals surface area contributed by atoms with E-state index >= 15 is 0 Å². The number of nitriles is 2. The number of amides is 2. The van der Waals surface area contributed by atoms with Crippen LogP contribution in [0.15, 0.2) is 103 Å². The average Bonchev–Trinajstić information content (AvgIpc) is 3.48. The second-order valence-electron chi connectivity index (χ2n) is 9.99. The summed E-state index contributed by atoms with van der Waals surface area (Å²) in [6.45, 7) is 0. The van der Waals surface area contributed by atoms with Gasteiger partial charge in [-0.15, -0.1) is 0 Å². The number of imide groups is 1. The quantitative estimate of drug-likeness (QED) is 0.229. The van der Waals surface area contributed by atoms with Gasteiger partial charge in [-0.05, 0) is 47.5 Å². The fourth-order valence-corrected chi connectivity index (χ4v) is 5.84. The third kappa shape index (κ3) is 3.49. The lowest BCUT2D eigenvalue weighted by Crippen LogP contribution is -2.24. The van der Waals surface area contributed by atoms with Crippen LogP contribution in [0.2, 0.25) is 0 Å². The van der Waals surface area contributed by atoms with Crippen molar-refractivity contribution in [1.82, 2.24) is 9.47 Å². The Labute approximate surface area is 235 Å². The van der Waals surface area contributed by atoms with Crippen LogP contribution in [0.5, 0.6) is 0 Å². The van der Waals surface area contributed by atoms with E-state index < -0.39 is 0 Å². The first-order valence-electron chi connectivity index (χ1n) is 13.0. The average molecular weight is 529 g/mol. The third-order valence-corrected chi connectivity index (χ3v) is 7.80. The number of aromatic nitrogens is 1. The van der Waals surface area contributed by atoms with Crippen molar-refractivity contribution in [2.24, 2.45) is 0 Å². The van der Waals surface area contributed by atoms with Crippen LogP contribution in [-0.2, 0) is 0 Å². The molecule has 0 saturated carbocycles. The zero-order valence-electron chi connectivity index (χ0n) is 21.9. The Hall–Kier alpha value is -5.98. The molecule has 0 atom stereocenters. The van der Waals surface area contributed by atoms with Gasteiger partial charge >= 0.3 is 0 Å². The van der Waals surface area contributed by atoms with Crippen molar-refractivity contribution in [1.29, 1.82) is 10.5 Å². The molecule has 6 aromatic rings. The lowest BCUT2D eigenvalue weighted by Gasteiger charge is -2.16. The van der Waals surface area contributed by atoms with Crippen molar-refractivity contribution in [2.75, 3.05) is 7.05 Å². The van der Waals surface area contributed by atoms with Gasteiger partial charge < -0.3 is 4.57 Å². The highest BCUT2D eigenvalue weighted by molar-refractivity contribution is 6.24. The Morgan fingerprint density at radius 1 is 0.561 bits per heavy atom.